The molecule has 3 aromatic rings. The van der Waals surface area contributed by atoms with Crippen molar-refractivity contribution >= 4 is 29.1 Å². The van der Waals surface area contributed by atoms with Gasteiger partial charge in [0.2, 0.25) is 5.95 Å². The van der Waals surface area contributed by atoms with Gasteiger partial charge < -0.3 is 15.4 Å². The second-order valence-electron chi connectivity index (χ2n) is 4.88. The SMILES string of the molecule is FC(F)Oc1cccc(CNc2nc(Nc3cn[nH]c3)ncc2Cl)c1. The van der Waals surface area contributed by atoms with E-state index < -0.39 is 6.61 Å². The van der Waals surface area contributed by atoms with E-state index in [9.17, 15) is 8.78 Å². The zero-order valence-corrected chi connectivity index (χ0v) is 13.5. The monoisotopic (exact) mass is 366 g/mol. The number of ether oxygens (including phenoxy) is 1. The largest absolute Gasteiger partial charge is 0.435 e. The van der Waals surface area contributed by atoms with Gasteiger partial charge in [-0.15, -0.1) is 0 Å². The quantitative estimate of drug-likeness (QED) is 0.589. The Hall–Kier alpha value is -2.94. The number of aromatic amines is 1. The van der Waals surface area contributed by atoms with E-state index in [1.54, 1.807) is 24.5 Å². The molecular formula is C15H13ClF2N6O. The van der Waals surface area contributed by atoms with Crippen molar-refractivity contribution in [2.75, 3.05) is 10.6 Å². The van der Waals surface area contributed by atoms with E-state index in [-0.39, 0.29) is 5.75 Å². The van der Waals surface area contributed by atoms with Crippen molar-refractivity contribution in [1.29, 1.82) is 0 Å². The standard InChI is InChI=1S/C15H13ClF2N6O/c16-12-8-20-15(23-10-6-21-22-7-10)24-13(12)19-5-9-2-1-3-11(4-9)25-14(17)18/h1-4,6-8,14H,5H2,(H,21,22)(H2,19,20,23,24). The lowest BCUT2D eigenvalue weighted by atomic mass is 10.2. The number of hydrogen-bond acceptors (Lipinski definition) is 6. The summed E-state index contributed by atoms with van der Waals surface area (Å²) in [7, 11) is 0. The number of nitrogens with one attached hydrogen (secondary N) is 3. The molecule has 0 fully saturated rings. The van der Waals surface area contributed by atoms with Crippen molar-refractivity contribution in [3.8, 4) is 5.75 Å². The highest BCUT2D eigenvalue weighted by Crippen LogP contribution is 2.22. The van der Waals surface area contributed by atoms with Gasteiger partial charge in [-0.3, -0.25) is 5.10 Å². The van der Waals surface area contributed by atoms with E-state index in [0.717, 1.165) is 5.56 Å². The van der Waals surface area contributed by atoms with Crippen LogP contribution in [0.4, 0.5) is 26.2 Å². The van der Waals surface area contributed by atoms with Crippen molar-refractivity contribution in [2.45, 2.75) is 13.2 Å². The summed E-state index contributed by atoms with van der Waals surface area (Å²) in [5, 5.41) is 12.8. The van der Waals surface area contributed by atoms with Gasteiger partial charge in [-0.05, 0) is 17.7 Å². The summed E-state index contributed by atoms with van der Waals surface area (Å²) in [6.45, 7) is -2.54. The van der Waals surface area contributed by atoms with Gasteiger partial charge in [0.1, 0.15) is 10.8 Å². The average molecular weight is 367 g/mol. The lowest BCUT2D eigenvalue weighted by Crippen LogP contribution is -2.06. The fourth-order valence-corrected chi connectivity index (χ4v) is 2.17. The van der Waals surface area contributed by atoms with Crippen molar-refractivity contribution in [3.63, 3.8) is 0 Å². The van der Waals surface area contributed by atoms with Gasteiger partial charge >= 0.3 is 6.61 Å². The summed E-state index contributed by atoms with van der Waals surface area (Å²) in [4.78, 5) is 8.35. The molecule has 2 aromatic heterocycles. The van der Waals surface area contributed by atoms with E-state index >= 15 is 0 Å². The summed E-state index contributed by atoms with van der Waals surface area (Å²) >= 11 is 6.09. The number of halogens is 3. The molecule has 3 N–H and O–H groups in total. The molecule has 0 spiro atoms. The van der Waals surface area contributed by atoms with E-state index in [1.807, 2.05) is 0 Å². The number of hydrogen-bond donors (Lipinski definition) is 3. The maximum atomic E-state index is 12.3. The first-order valence-electron chi connectivity index (χ1n) is 7.16. The molecule has 0 amide bonds. The van der Waals surface area contributed by atoms with Crippen LogP contribution in [0.15, 0.2) is 42.9 Å². The summed E-state index contributed by atoms with van der Waals surface area (Å²) in [6.07, 6.45) is 4.69. The molecule has 2 heterocycles. The van der Waals surface area contributed by atoms with Crippen LogP contribution in [0.2, 0.25) is 5.02 Å². The highest BCUT2D eigenvalue weighted by Gasteiger charge is 2.08. The van der Waals surface area contributed by atoms with Crippen molar-refractivity contribution in [1.82, 2.24) is 20.2 Å². The molecule has 10 heteroatoms. The fraction of sp³-hybridized carbons (Fsp3) is 0.133. The first kappa shape index (κ1) is 16.9. The average Bonchev–Trinajstić information content (AvgIpc) is 3.08. The van der Waals surface area contributed by atoms with E-state index in [4.69, 9.17) is 11.6 Å². The summed E-state index contributed by atoms with van der Waals surface area (Å²) < 4.78 is 28.9. The molecule has 0 unspecified atom stereocenters. The van der Waals surface area contributed by atoms with Crippen LogP contribution in [0.1, 0.15) is 5.56 Å². The van der Waals surface area contributed by atoms with Gasteiger partial charge in [0.15, 0.2) is 5.82 Å². The lowest BCUT2D eigenvalue weighted by Gasteiger charge is -2.10. The molecule has 0 saturated heterocycles. The van der Waals surface area contributed by atoms with Crippen molar-refractivity contribution in [2.24, 2.45) is 0 Å². The normalized spacial score (nSPS) is 10.7. The summed E-state index contributed by atoms with van der Waals surface area (Å²) in [5.41, 5.74) is 1.43. The predicted molar refractivity (Wildman–Crippen MR) is 89.3 cm³/mol. The summed E-state index contributed by atoms with van der Waals surface area (Å²) in [5.74, 6) is 0.830. The lowest BCUT2D eigenvalue weighted by molar-refractivity contribution is -0.0498. The molecule has 3 rings (SSSR count). The topological polar surface area (TPSA) is 87.8 Å². The van der Waals surface area contributed by atoms with Gasteiger partial charge in [0.25, 0.3) is 0 Å². The number of benzene rings is 1. The second kappa shape index (κ2) is 7.75. The van der Waals surface area contributed by atoms with Gasteiger partial charge in [-0.2, -0.15) is 18.9 Å². The zero-order chi connectivity index (χ0) is 17.6. The minimum Gasteiger partial charge on any atom is -0.435 e. The number of H-pyrrole nitrogens is 1. The van der Waals surface area contributed by atoms with E-state index in [0.29, 0.717) is 29.0 Å². The second-order valence-corrected chi connectivity index (χ2v) is 5.29. The number of alkyl halides is 2. The Morgan fingerprint density at radius 1 is 1.28 bits per heavy atom. The molecule has 7 nitrogen and oxygen atoms in total. The molecular weight excluding hydrogens is 354 g/mol. The Balaban J connectivity index is 1.68. The molecule has 0 atom stereocenters. The highest BCUT2D eigenvalue weighted by molar-refractivity contribution is 6.32. The van der Waals surface area contributed by atoms with Crippen LogP contribution in [0.3, 0.4) is 0 Å². The molecule has 0 aliphatic heterocycles. The Morgan fingerprint density at radius 2 is 2.16 bits per heavy atom. The van der Waals surface area contributed by atoms with Crippen LogP contribution in [0, 0.1) is 0 Å². The Bertz CT molecular complexity index is 831. The maximum Gasteiger partial charge on any atom is 0.387 e. The van der Waals surface area contributed by atoms with E-state index in [1.165, 1.54) is 18.3 Å². The molecule has 0 aliphatic rings. The van der Waals surface area contributed by atoms with E-state index in [2.05, 4.69) is 35.5 Å². The van der Waals surface area contributed by atoms with Crippen LogP contribution >= 0.6 is 11.6 Å². The van der Waals surface area contributed by atoms with Gasteiger partial charge in [-0.1, -0.05) is 23.7 Å². The molecule has 0 aliphatic carbocycles. The molecule has 0 saturated carbocycles. The summed E-state index contributed by atoms with van der Waals surface area (Å²) in [6, 6.07) is 6.37. The zero-order valence-electron chi connectivity index (χ0n) is 12.7. The number of aromatic nitrogens is 4. The molecule has 130 valence electrons. The van der Waals surface area contributed by atoms with Gasteiger partial charge in [-0.25, -0.2) is 4.98 Å². The predicted octanol–water partition coefficient (Wildman–Crippen LogP) is 3.81. The maximum absolute atomic E-state index is 12.3. The smallest absolute Gasteiger partial charge is 0.387 e. The fourth-order valence-electron chi connectivity index (χ4n) is 2.02. The number of nitrogens with zero attached hydrogens (tertiary/aromatic N) is 3. The first-order chi connectivity index (χ1) is 12.1. The first-order valence-corrected chi connectivity index (χ1v) is 7.54. The molecule has 0 radical (unpaired) electrons. The van der Waals surface area contributed by atoms with Gasteiger partial charge in [0, 0.05) is 12.7 Å². The third-order valence-corrected chi connectivity index (χ3v) is 3.36. The van der Waals surface area contributed by atoms with Crippen LogP contribution < -0.4 is 15.4 Å². The number of anilines is 3. The molecule has 1 aromatic carbocycles. The third-order valence-electron chi connectivity index (χ3n) is 3.08. The Morgan fingerprint density at radius 3 is 2.92 bits per heavy atom. The van der Waals surface area contributed by atoms with Crippen molar-refractivity contribution in [3.05, 3.63) is 53.4 Å². The van der Waals surface area contributed by atoms with Crippen LogP contribution in [0.25, 0.3) is 0 Å². The minimum absolute atomic E-state index is 0.0883. The van der Waals surface area contributed by atoms with Crippen LogP contribution in [0.5, 0.6) is 5.75 Å². The Labute approximate surface area is 146 Å². The van der Waals surface area contributed by atoms with Crippen LogP contribution in [-0.4, -0.2) is 26.8 Å². The highest BCUT2D eigenvalue weighted by atomic mass is 35.5. The molecule has 25 heavy (non-hydrogen) atoms. The van der Waals surface area contributed by atoms with Crippen molar-refractivity contribution < 1.29 is 13.5 Å². The van der Waals surface area contributed by atoms with Crippen LogP contribution in [-0.2, 0) is 6.54 Å². The minimum atomic E-state index is -2.86. The van der Waals surface area contributed by atoms with Gasteiger partial charge in [0.05, 0.1) is 18.1 Å². The number of rotatable bonds is 7. The molecule has 0 bridgehead atoms. The Kier molecular flexibility index (Phi) is 5.24. The third kappa shape index (κ3) is 4.77.